The first-order valence-electron chi connectivity index (χ1n) is 13.7. The number of halogens is 1. The number of benzene rings is 6. The molecular formula is C38H24FNS. The predicted octanol–water partition coefficient (Wildman–Crippen LogP) is 10.1. The van der Waals surface area contributed by atoms with Crippen molar-refractivity contribution in [3.05, 3.63) is 174 Å². The third-order valence-corrected chi connectivity index (χ3v) is 9.38. The number of para-hydroxylation sites is 1. The summed E-state index contributed by atoms with van der Waals surface area (Å²) < 4.78 is 15.4. The molecule has 1 heterocycles. The van der Waals surface area contributed by atoms with Crippen LogP contribution < -0.4 is 0 Å². The van der Waals surface area contributed by atoms with Gasteiger partial charge in [0.25, 0.3) is 0 Å². The highest BCUT2D eigenvalue weighted by atomic mass is 32.1. The molecule has 3 heteroatoms. The molecule has 0 N–H and O–H groups in total. The first-order valence-corrected chi connectivity index (χ1v) is 14.6. The average Bonchev–Trinajstić information content (AvgIpc) is 3.60. The Labute approximate surface area is 242 Å². The molecule has 1 aliphatic carbocycles. The molecule has 1 atom stereocenters. The number of thiazole rings is 1. The number of hydrogen-bond acceptors (Lipinski definition) is 2. The van der Waals surface area contributed by atoms with Gasteiger partial charge in [0, 0.05) is 5.56 Å². The lowest BCUT2D eigenvalue weighted by atomic mass is 9.67. The van der Waals surface area contributed by atoms with Gasteiger partial charge < -0.3 is 0 Å². The van der Waals surface area contributed by atoms with E-state index in [0.717, 1.165) is 27.2 Å². The maximum Gasteiger partial charge on any atom is 0.124 e. The summed E-state index contributed by atoms with van der Waals surface area (Å²) in [4.78, 5) is 4.86. The molecule has 1 nitrogen and oxygen atoms in total. The minimum atomic E-state index is -0.558. The fraction of sp³-hybridized carbons (Fsp3) is 0.0263. The minimum Gasteiger partial charge on any atom is -0.236 e. The van der Waals surface area contributed by atoms with Crippen molar-refractivity contribution in [1.29, 1.82) is 0 Å². The number of nitrogens with zero attached hydrogens (tertiary/aromatic N) is 1. The van der Waals surface area contributed by atoms with Crippen LogP contribution in [0.2, 0.25) is 0 Å². The molecule has 0 saturated carbocycles. The van der Waals surface area contributed by atoms with Crippen molar-refractivity contribution in [1.82, 2.24) is 4.98 Å². The van der Waals surface area contributed by atoms with Crippen LogP contribution in [0.4, 0.5) is 4.39 Å². The molecule has 1 unspecified atom stereocenters. The summed E-state index contributed by atoms with van der Waals surface area (Å²) in [5.41, 5.74) is 11.0. The Bertz CT molecular complexity index is 2010. The van der Waals surface area contributed by atoms with Gasteiger partial charge in [0.15, 0.2) is 0 Å². The molecule has 0 amide bonds. The second kappa shape index (κ2) is 9.36. The molecule has 0 aliphatic heterocycles. The van der Waals surface area contributed by atoms with E-state index < -0.39 is 5.41 Å². The molecule has 7 aromatic rings. The van der Waals surface area contributed by atoms with Gasteiger partial charge in [-0.15, -0.1) is 11.3 Å². The topological polar surface area (TPSA) is 12.9 Å². The summed E-state index contributed by atoms with van der Waals surface area (Å²) in [6.45, 7) is 0. The van der Waals surface area contributed by atoms with Crippen molar-refractivity contribution in [2.75, 3.05) is 0 Å². The Morgan fingerprint density at radius 2 is 1.15 bits per heavy atom. The van der Waals surface area contributed by atoms with Gasteiger partial charge in [-0.2, -0.15) is 0 Å². The molecule has 41 heavy (non-hydrogen) atoms. The number of fused-ring (bicyclic) bond motifs is 4. The van der Waals surface area contributed by atoms with E-state index in [2.05, 4.69) is 109 Å². The van der Waals surface area contributed by atoms with E-state index in [4.69, 9.17) is 4.98 Å². The standard InChI is InChI=1S/C38H24FNS/c39-29-23-21-28(22-24-29)38(27-9-2-1-3-10-27)32-13-5-4-11-31(32)36-30(12-8-14-33(36)38)25-17-19-26(20-18-25)37-40-34-15-6-7-16-35(34)41-37/h1-24H. The van der Waals surface area contributed by atoms with Crippen molar-refractivity contribution in [2.45, 2.75) is 5.41 Å². The summed E-state index contributed by atoms with van der Waals surface area (Å²) in [6, 6.07) is 50.0. The van der Waals surface area contributed by atoms with Gasteiger partial charge in [-0.3, -0.25) is 0 Å². The van der Waals surface area contributed by atoms with Crippen LogP contribution >= 0.6 is 11.3 Å². The monoisotopic (exact) mass is 545 g/mol. The fourth-order valence-corrected chi connectivity index (χ4v) is 7.50. The lowest BCUT2D eigenvalue weighted by Gasteiger charge is -2.34. The van der Waals surface area contributed by atoms with Crippen molar-refractivity contribution in [3.8, 4) is 32.8 Å². The average molecular weight is 546 g/mol. The quantitative estimate of drug-likeness (QED) is 0.214. The van der Waals surface area contributed by atoms with E-state index in [0.29, 0.717) is 0 Å². The first-order chi connectivity index (χ1) is 20.2. The highest BCUT2D eigenvalue weighted by Gasteiger charge is 2.46. The molecule has 1 aromatic heterocycles. The zero-order chi connectivity index (χ0) is 27.4. The van der Waals surface area contributed by atoms with Gasteiger partial charge in [-0.25, -0.2) is 9.37 Å². The lowest BCUT2D eigenvalue weighted by Crippen LogP contribution is -2.28. The summed E-state index contributed by atoms with van der Waals surface area (Å²) in [7, 11) is 0. The van der Waals surface area contributed by atoms with E-state index in [1.807, 2.05) is 24.3 Å². The maximum atomic E-state index is 14.2. The van der Waals surface area contributed by atoms with Crippen LogP contribution in [-0.4, -0.2) is 4.98 Å². The number of aromatic nitrogens is 1. The molecule has 6 aromatic carbocycles. The van der Waals surface area contributed by atoms with E-state index >= 15 is 0 Å². The first kappa shape index (κ1) is 24.0. The maximum absolute atomic E-state index is 14.2. The van der Waals surface area contributed by atoms with Crippen molar-refractivity contribution in [2.24, 2.45) is 0 Å². The van der Waals surface area contributed by atoms with Crippen LogP contribution in [0, 0.1) is 5.82 Å². The van der Waals surface area contributed by atoms with E-state index in [1.165, 1.54) is 38.1 Å². The second-order valence-electron chi connectivity index (χ2n) is 10.5. The molecular weight excluding hydrogens is 521 g/mol. The molecule has 0 fully saturated rings. The number of rotatable bonds is 4. The van der Waals surface area contributed by atoms with Crippen LogP contribution in [0.25, 0.3) is 43.0 Å². The van der Waals surface area contributed by atoms with Crippen LogP contribution in [0.5, 0.6) is 0 Å². The van der Waals surface area contributed by atoms with Gasteiger partial charge in [-0.05, 0) is 68.8 Å². The second-order valence-corrected chi connectivity index (χ2v) is 11.5. The van der Waals surface area contributed by atoms with Crippen molar-refractivity contribution >= 4 is 21.6 Å². The SMILES string of the molecule is Fc1ccc(C2(c3ccccc3)c3ccccc3-c3c(-c4ccc(-c5nc6ccccc6s5)cc4)cccc32)cc1. The number of hydrogen-bond donors (Lipinski definition) is 0. The van der Waals surface area contributed by atoms with E-state index in [9.17, 15) is 4.39 Å². The highest BCUT2D eigenvalue weighted by molar-refractivity contribution is 7.21. The molecule has 194 valence electrons. The van der Waals surface area contributed by atoms with Crippen molar-refractivity contribution in [3.63, 3.8) is 0 Å². The Morgan fingerprint density at radius 3 is 1.95 bits per heavy atom. The van der Waals surface area contributed by atoms with Crippen molar-refractivity contribution < 1.29 is 4.39 Å². The normalized spacial score (nSPS) is 15.5. The molecule has 1 aliphatic rings. The Balaban J connectivity index is 1.34. The van der Waals surface area contributed by atoms with Gasteiger partial charge in [0.05, 0.1) is 15.6 Å². The van der Waals surface area contributed by atoms with E-state index in [-0.39, 0.29) is 5.82 Å². The molecule has 8 rings (SSSR count). The van der Waals surface area contributed by atoms with Gasteiger partial charge >= 0.3 is 0 Å². The van der Waals surface area contributed by atoms with E-state index in [1.54, 1.807) is 23.5 Å². The zero-order valence-electron chi connectivity index (χ0n) is 22.1. The molecule has 0 saturated heterocycles. The third-order valence-electron chi connectivity index (χ3n) is 8.29. The molecule has 0 spiro atoms. The van der Waals surface area contributed by atoms with Crippen LogP contribution in [0.3, 0.4) is 0 Å². The fourth-order valence-electron chi connectivity index (χ4n) is 6.53. The Hall–Kier alpha value is -4.86. The van der Waals surface area contributed by atoms with Gasteiger partial charge in [0.1, 0.15) is 10.8 Å². The van der Waals surface area contributed by atoms with Crippen LogP contribution in [0.1, 0.15) is 22.3 Å². The lowest BCUT2D eigenvalue weighted by molar-refractivity contribution is 0.625. The smallest absolute Gasteiger partial charge is 0.124 e. The third kappa shape index (κ3) is 3.63. The van der Waals surface area contributed by atoms with Crippen LogP contribution in [-0.2, 0) is 5.41 Å². The van der Waals surface area contributed by atoms with Gasteiger partial charge in [-0.1, -0.05) is 121 Å². The largest absolute Gasteiger partial charge is 0.236 e. The zero-order valence-corrected chi connectivity index (χ0v) is 22.9. The Kier molecular flexibility index (Phi) is 5.48. The summed E-state index contributed by atoms with van der Waals surface area (Å²) >= 11 is 1.72. The molecule has 0 bridgehead atoms. The van der Waals surface area contributed by atoms with Crippen LogP contribution in [0.15, 0.2) is 146 Å². The summed E-state index contributed by atoms with van der Waals surface area (Å²) in [6.07, 6.45) is 0. The minimum absolute atomic E-state index is 0.231. The Morgan fingerprint density at radius 1 is 0.512 bits per heavy atom. The molecule has 0 radical (unpaired) electrons. The summed E-state index contributed by atoms with van der Waals surface area (Å²) in [5.74, 6) is -0.231. The predicted molar refractivity (Wildman–Crippen MR) is 168 cm³/mol. The van der Waals surface area contributed by atoms with Gasteiger partial charge in [0.2, 0.25) is 0 Å². The summed E-state index contributed by atoms with van der Waals surface area (Å²) in [5, 5.41) is 1.03. The highest BCUT2D eigenvalue weighted by Crippen LogP contribution is 2.58.